The Balaban J connectivity index is 2.75. The number of aromatic nitrogens is 3. The zero-order chi connectivity index (χ0) is 10.1. The van der Waals surface area contributed by atoms with Crippen molar-refractivity contribution in [3.8, 4) is 0 Å². The van der Waals surface area contributed by atoms with Crippen LogP contribution >= 0.6 is 0 Å². The molecule has 0 unspecified atom stereocenters. The molecule has 3 N–H and O–H groups in total. The molecule has 2 heterocycles. The van der Waals surface area contributed by atoms with Gasteiger partial charge in [0.2, 0.25) is 0 Å². The maximum absolute atomic E-state index is 11.6. The van der Waals surface area contributed by atoms with Gasteiger partial charge in [0.05, 0.1) is 6.20 Å². The second-order valence-electron chi connectivity index (χ2n) is 3.19. The van der Waals surface area contributed by atoms with Crippen molar-refractivity contribution in [2.24, 2.45) is 5.73 Å². The lowest BCUT2D eigenvalue weighted by Crippen LogP contribution is -2.21. The van der Waals surface area contributed by atoms with E-state index in [1.807, 2.05) is 6.92 Å². The Bertz CT molecular complexity index is 511. The van der Waals surface area contributed by atoms with Crippen molar-refractivity contribution in [1.82, 2.24) is 14.6 Å². The molecule has 0 spiro atoms. The number of nitrogens with two attached hydrogens (primary N) is 1. The van der Waals surface area contributed by atoms with Crippen molar-refractivity contribution >= 4 is 5.65 Å². The summed E-state index contributed by atoms with van der Waals surface area (Å²) in [4.78, 5) is 14.3. The molecule has 0 aromatic carbocycles. The molecule has 74 valence electrons. The van der Waals surface area contributed by atoms with Crippen molar-refractivity contribution in [3.05, 3.63) is 33.9 Å². The zero-order valence-electron chi connectivity index (χ0n) is 7.95. The van der Waals surface area contributed by atoms with E-state index < -0.39 is 0 Å². The standard InChI is InChI=1S/C9H12N4O/c1-6-7(2-4-10)9(14)12-8-3-5-11-13(6)8/h3,5H,2,4,10H2,1H3,(H,12,14). The van der Waals surface area contributed by atoms with Gasteiger partial charge in [0, 0.05) is 17.3 Å². The van der Waals surface area contributed by atoms with Crippen LogP contribution in [0.4, 0.5) is 0 Å². The van der Waals surface area contributed by atoms with Crippen LogP contribution in [0.25, 0.3) is 5.65 Å². The minimum absolute atomic E-state index is 0.0686. The Morgan fingerprint density at radius 3 is 3.14 bits per heavy atom. The van der Waals surface area contributed by atoms with E-state index in [-0.39, 0.29) is 5.56 Å². The number of nitrogens with one attached hydrogen (secondary N) is 1. The molecule has 14 heavy (non-hydrogen) atoms. The molecular weight excluding hydrogens is 180 g/mol. The van der Waals surface area contributed by atoms with Gasteiger partial charge in [0.1, 0.15) is 5.65 Å². The highest BCUT2D eigenvalue weighted by Crippen LogP contribution is 2.04. The molecule has 0 radical (unpaired) electrons. The molecule has 2 aromatic heterocycles. The molecule has 0 amide bonds. The number of fused-ring (bicyclic) bond motifs is 1. The van der Waals surface area contributed by atoms with Crippen molar-refractivity contribution in [1.29, 1.82) is 0 Å². The molecule has 0 saturated carbocycles. The van der Waals surface area contributed by atoms with Crippen LogP contribution in [0.5, 0.6) is 0 Å². The summed E-state index contributed by atoms with van der Waals surface area (Å²) in [7, 11) is 0. The summed E-state index contributed by atoms with van der Waals surface area (Å²) in [5, 5.41) is 4.11. The number of hydrogen-bond donors (Lipinski definition) is 2. The predicted molar refractivity (Wildman–Crippen MR) is 53.3 cm³/mol. The first kappa shape index (κ1) is 8.96. The molecule has 2 aromatic rings. The van der Waals surface area contributed by atoms with Crippen LogP contribution in [0.2, 0.25) is 0 Å². The smallest absolute Gasteiger partial charge is 0.254 e. The van der Waals surface area contributed by atoms with Crippen molar-refractivity contribution in [2.45, 2.75) is 13.3 Å². The van der Waals surface area contributed by atoms with Crippen LogP contribution in [-0.2, 0) is 6.42 Å². The minimum Gasteiger partial charge on any atom is -0.330 e. The monoisotopic (exact) mass is 192 g/mol. The maximum Gasteiger partial charge on any atom is 0.254 e. The Kier molecular flexibility index (Phi) is 2.09. The maximum atomic E-state index is 11.6. The van der Waals surface area contributed by atoms with E-state index in [9.17, 15) is 4.79 Å². The Morgan fingerprint density at radius 1 is 1.64 bits per heavy atom. The van der Waals surface area contributed by atoms with Crippen molar-refractivity contribution < 1.29 is 0 Å². The molecule has 0 aliphatic carbocycles. The second kappa shape index (κ2) is 3.26. The molecule has 2 rings (SSSR count). The van der Waals surface area contributed by atoms with Gasteiger partial charge in [-0.1, -0.05) is 0 Å². The highest BCUT2D eigenvalue weighted by atomic mass is 16.1. The number of aromatic amines is 1. The van der Waals surface area contributed by atoms with Crippen LogP contribution in [0.15, 0.2) is 17.1 Å². The lowest BCUT2D eigenvalue weighted by Gasteiger charge is -2.05. The normalized spacial score (nSPS) is 11.0. The SMILES string of the molecule is Cc1c(CCN)c(=O)[nH]c2ccnn12. The third-order valence-corrected chi connectivity index (χ3v) is 2.31. The van der Waals surface area contributed by atoms with Crippen LogP contribution in [0, 0.1) is 6.92 Å². The van der Waals surface area contributed by atoms with Gasteiger partial charge in [-0.3, -0.25) is 4.79 Å². The van der Waals surface area contributed by atoms with E-state index in [4.69, 9.17) is 5.73 Å². The molecule has 0 aliphatic rings. The first-order valence-corrected chi connectivity index (χ1v) is 4.49. The van der Waals surface area contributed by atoms with Crippen LogP contribution in [-0.4, -0.2) is 21.1 Å². The van der Waals surface area contributed by atoms with Gasteiger partial charge in [0.25, 0.3) is 5.56 Å². The van der Waals surface area contributed by atoms with E-state index in [0.717, 1.165) is 5.69 Å². The van der Waals surface area contributed by atoms with Crippen LogP contribution in [0.3, 0.4) is 0 Å². The summed E-state index contributed by atoms with van der Waals surface area (Å²) in [6, 6.07) is 1.76. The first-order chi connectivity index (χ1) is 6.74. The highest BCUT2D eigenvalue weighted by molar-refractivity contribution is 5.39. The van der Waals surface area contributed by atoms with E-state index in [1.165, 1.54) is 0 Å². The second-order valence-corrected chi connectivity index (χ2v) is 3.19. The predicted octanol–water partition coefficient (Wildman–Crippen LogP) is -0.168. The van der Waals surface area contributed by atoms with E-state index in [1.54, 1.807) is 16.8 Å². The summed E-state index contributed by atoms with van der Waals surface area (Å²) in [5.74, 6) is 0. The van der Waals surface area contributed by atoms with Gasteiger partial charge in [-0.15, -0.1) is 0 Å². The minimum atomic E-state index is -0.0686. The van der Waals surface area contributed by atoms with E-state index in [2.05, 4.69) is 10.1 Å². The van der Waals surface area contributed by atoms with Gasteiger partial charge in [-0.25, -0.2) is 4.52 Å². The average molecular weight is 192 g/mol. The van der Waals surface area contributed by atoms with Gasteiger partial charge in [0.15, 0.2) is 0 Å². The Hall–Kier alpha value is -1.62. The molecule has 5 nitrogen and oxygen atoms in total. The lowest BCUT2D eigenvalue weighted by molar-refractivity contribution is 0.832. The van der Waals surface area contributed by atoms with E-state index in [0.29, 0.717) is 24.2 Å². The zero-order valence-corrected chi connectivity index (χ0v) is 7.95. The summed E-state index contributed by atoms with van der Waals surface area (Å²) < 4.78 is 1.71. The van der Waals surface area contributed by atoms with Crippen LogP contribution < -0.4 is 11.3 Å². The highest BCUT2D eigenvalue weighted by Gasteiger charge is 2.07. The molecule has 0 bridgehead atoms. The quantitative estimate of drug-likeness (QED) is 0.693. The molecule has 0 saturated heterocycles. The number of aryl methyl sites for hydroxylation is 1. The molecular formula is C9H12N4O. The largest absolute Gasteiger partial charge is 0.330 e. The molecule has 0 fully saturated rings. The van der Waals surface area contributed by atoms with E-state index >= 15 is 0 Å². The van der Waals surface area contributed by atoms with Gasteiger partial charge < -0.3 is 10.7 Å². The molecule has 5 heteroatoms. The third kappa shape index (κ3) is 1.22. The molecule has 0 atom stereocenters. The number of H-pyrrole nitrogens is 1. The lowest BCUT2D eigenvalue weighted by atomic mass is 10.2. The summed E-state index contributed by atoms with van der Waals surface area (Å²) >= 11 is 0. The first-order valence-electron chi connectivity index (χ1n) is 4.49. The fourth-order valence-electron chi connectivity index (χ4n) is 1.59. The molecule has 0 aliphatic heterocycles. The number of nitrogens with zero attached hydrogens (tertiary/aromatic N) is 2. The topological polar surface area (TPSA) is 76.2 Å². The summed E-state index contributed by atoms with van der Waals surface area (Å²) in [6.07, 6.45) is 2.24. The van der Waals surface area contributed by atoms with Crippen LogP contribution in [0.1, 0.15) is 11.3 Å². The van der Waals surface area contributed by atoms with Crippen molar-refractivity contribution in [2.75, 3.05) is 6.54 Å². The van der Waals surface area contributed by atoms with Crippen molar-refractivity contribution in [3.63, 3.8) is 0 Å². The van der Waals surface area contributed by atoms with Gasteiger partial charge >= 0.3 is 0 Å². The van der Waals surface area contributed by atoms with Gasteiger partial charge in [-0.05, 0) is 19.9 Å². The Morgan fingerprint density at radius 2 is 2.43 bits per heavy atom. The summed E-state index contributed by atoms with van der Waals surface area (Å²) in [6.45, 7) is 2.34. The summed E-state index contributed by atoms with van der Waals surface area (Å²) in [5.41, 5.74) is 7.65. The number of rotatable bonds is 2. The number of hydrogen-bond acceptors (Lipinski definition) is 3. The third-order valence-electron chi connectivity index (χ3n) is 2.31. The van der Waals surface area contributed by atoms with Gasteiger partial charge in [-0.2, -0.15) is 5.10 Å². The average Bonchev–Trinajstić information content (AvgIpc) is 2.60. The fraction of sp³-hybridized carbons (Fsp3) is 0.333. The Labute approximate surface area is 80.6 Å². The fourth-order valence-corrected chi connectivity index (χ4v) is 1.59.